The van der Waals surface area contributed by atoms with Crippen LogP contribution in [0.1, 0.15) is 38.9 Å². The van der Waals surface area contributed by atoms with Gasteiger partial charge in [0, 0.05) is 27.1 Å². The van der Waals surface area contributed by atoms with Crippen molar-refractivity contribution < 1.29 is 0 Å². The van der Waals surface area contributed by atoms with Gasteiger partial charge in [0.05, 0.1) is 50.6 Å². The number of fused-ring (bicyclic) bond motifs is 6. The molecule has 4 heteroatoms. The second kappa shape index (κ2) is 13.8. The van der Waals surface area contributed by atoms with Crippen LogP contribution in [-0.4, -0.2) is 9.13 Å². The minimum atomic E-state index is 0.549. The van der Waals surface area contributed by atoms with Gasteiger partial charge < -0.3 is 9.13 Å². The Kier molecular flexibility index (Phi) is 8.34. The molecule has 0 spiro atoms. The van der Waals surface area contributed by atoms with Gasteiger partial charge in [0.15, 0.2) is 0 Å². The lowest BCUT2D eigenvalue weighted by atomic mass is 9.96. The van der Waals surface area contributed by atoms with Crippen LogP contribution in [0.5, 0.6) is 0 Å². The maximum absolute atomic E-state index is 11.2. The van der Waals surface area contributed by atoms with Crippen LogP contribution in [0.3, 0.4) is 0 Å². The van der Waals surface area contributed by atoms with E-state index in [0.29, 0.717) is 11.1 Å². The van der Waals surface area contributed by atoms with Gasteiger partial charge in [-0.1, -0.05) is 125 Å². The van der Waals surface area contributed by atoms with Crippen LogP contribution in [0, 0.1) is 57.3 Å². The lowest BCUT2D eigenvalue weighted by Crippen LogP contribution is -2.04. The summed E-state index contributed by atoms with van der Waals surface area (Å²) in [6, 6.07) is 59.0. The van der Waals surface area contributed by atoms with E-state index in [2.05, 4.69) is 188 Å². The molecule has 8 aromatic carbocycles. The van der Waals surface area contributed by atoms with Crippen LogP contribution < -0.4 is 0 Å². The lowest BCUT2D eigenvalue weighted by molar-refractivity contribution is 1.13. The van der Waals surface area contributed by atoms with Gasteiger partial charge in [-0.05, 0) is 117 Å². The zero-order valence-electron chi connectivity index (χ0n) is 33.7. The summed E-state index contributed by atoms with van der Waals surface area (Å²) in [6.45, 7) is 10.6. The summed E-state index contributed by atoms with van der Waals surface area (Å²) in [5.74, 6) is 0. The monoisotopic (exact) mass is 756 g/mol. The van der Waals surface area contributed by atoms with Crippen molar-refractivity contribution in [2.24, 2.45) is 0 Å². The second-order valence-electron chi connectivity index (χ2n) is 16.1. The van der Waals surface area contributed by atoms with Crippen molar-refractivity contribution in [1.29, 1.82) is 10.5 Å². The summed E-state index contributed by atoms with van der Waals surface area (Å²) in [5, 5.41) is 25.9. The van der Waals surface area contributed by atoms with E-state index in [-0.39, 0.29) is 0 Å². The van der Waals surface area contributed by atoms with E-state index >= 15 is 0 Å². The van der Waals surface area contributed by atoms with Crippen molar-refractivity contribution in [3.05, 3.63) is 191 Å². The number of rotatable bonds is 5. The van der Waals surface area contributed by atoms with Gasteiger partial charge in [-0.3, -0.25) is 0 Å². The Morgan fingerprint density at radius 2 is 0.814 bits per heavy atom. The van der Waals surface area contributed by atoms with Crippen molar-refractivity contribution >= 4 is 43.6 Å². The molecule has 0 amide bonds. The minimum Gasteiger partial charge on any atom is -0.309 e. The molecule has 2 aromatic heterocycles. The number of nitrogens with zero attached hydrogens (tertiary/aromatic N) is 4. The molecule has 0 atom stereocenters. The predicted octanol–water partition coefficient (Wildman–Crippen LogP) is 14.2. The number of nitriles is 2. The summed E-state index contributed by atoms with van der Waals surface area (Å²) in [6.07, 6.45) is 0. The molecule has 0 fully saturated rings. The maximum Gasteiger partial charge on any atom is 0.101 e. The highest BCUT2D eigenvalue weighted by Crippen LogP contribution is 2.42. The third-order valence-corrected chi connectivity index (χ3v) is 11.7. The van der Waals surface area contributed by atoms with Gasteiger partial charge in [0.25, 0.3) is 0 Å². The Morgan fingerprint density at radius 1 is 0.356 bits per heavy atom. The second-order valence-corrected chi connectivity index (χ2v) is 16.1. The van der Waals surface area contributed by atoms with Crippen molar-refractivity contribution in [2.75, 3.05) is 0 Å². The number of aryl methyl sites for hydroxylation is 5. The first-order chi connectivity index (χ1) is 28.7. The zero-order valence-corrected chi connectivity index (χ0v) is 33.7. The molecular formula is C55H40N4. The van der Waals surface area contributed by atoms with E-state index in [4.69, 9.17) is 0 Å². The quantitative estimate of drug-likeness (QED) is 0.176. The fourth-order valence-electron chi connectivity index (χ4n) is 9.37. The molecule has 2 heterocycles. The van der Waals surface area contributed by atoms with Crippen molar-refractivity contribution in [3.8, 4) is 56.9 Å². The first-order valence-corrected chi connectivity index (χ1v) is 20.0. The maximum atomic E-state index is 11.2. The summed E-state index contributed by atoms with van der Waals surface area (Å²) in [7, 11) is 0. The molecule has 10 rings (SSSR count). The standard InChI is InChI=1S/C55H40N4/c1-33-18-34(2)22-41(21-33)39-14-16-47-45-10-6-8-12-50(45)58(53(47)27-39)52-30-49(43-25-37(5)20-38(26-43)31-56)55(29-44(52)32-57)59-51-13-9-7-11-46(51)48-17-15-40(28-54(48)59)42-23-35(3)19-36(4)24-42/h6-30H,1-5H3. The highest BCUT2D eigenvalue weighted by Gasteiger charge is 2.23. The van der Waals surface area contributed by atoms with Crippen LogP contribution in [0.25, 0.3) is 88.4 Å². The Bertz CT molecular complexity index is 3430. The summed E-state index contributed by atoms with van der Waals surface area (Å²) in [5.41, 5.74) is 19.2. The number of benzene rings is 8. The Labute approximate surface area is 344 Å². The fraction of sp³-hybridized carbons (Fsp3) is 0.0909. The summed E-state index contributed by atoms with van der Waals surface area (Å²) in [4.78, 5) is 0. The van der Waals surface area contributed by atoms with E-state index in [1.165, 1.54) is 27.8 Å². The minimum absolute atomic E-state index is 0.549. The van der Waals surface area contributed by atoms with Crippen LogP contribution >= 0.6 is 0 Å². The van der Waals surface area contributed by atoms with Crippen LogP contribution in [0.2, 0.25) is 0 Å². The largest absolute Gasteiger partial charge is 0.309 e. The van der Waals surface area contributed by atoms with Gasteiger partial charge in [-0.15, -0.1) is 0 Å². The Hall–Kier alpha value is -7.66. The van der Waals surface area contributed by atoms with E-state index in [1.54, 1.807) is 0 Å². The Morgan fingerprint density at radius 3 is 1.32 bits per heavy atom. The van der Waals surface area contributed by atoms with Gasteiger partial charge >= 0.3 is 0 Å². The lowest BCUT2D eigenvalue weighted by Gasteiger charge is -2.19. The van der Waals surface area contributed by atoms with Crippen molar-refractivity contribution in [2.45, 2.75) is 34.6 Å². The predicted molar refractivity (Wildman–Crippen MR) is 245 cm³/mol. The topological polar surface area (TPSA) is 57.4 Å². The summed E-state index contributed by atoms with van der Waals surface area (Å²) < 4.78 is 4.57. The zero-order chi connectivity index (χ0) is 40.5. The van der Waals surface area contributed by atoms with Gasteiger partial charge in [0.1, 0.15) is 6.07 Å². The third-order valence-electron chi connectivity index (χ3n) is 11.7. The third kappa shape index (κ3) is 5.97. The highest BCUT2D eigenvalue weighted by molar-refractivity contribution is 6.12. The number of aromatic nitrogens is 2. The first-order valence-electron chi connectivity index (χ1n) is 20.0. The molecule has 0 saturated carbocycles. The molecule has 59 heavy (non-hydrogen) atoms. The number of hydrogen-bond acceptors (Lipinski definition) is 2. The van der Waals surface area contributed by atoms with Crippen LogP contribution in [0.4, 0.5) is 0 Å². The van der Waals surface area contributed by atoms with Crippen molar-refractivity contribution in [3.63, 3.8) is 0 Å². The molecule has 0 bridgehead atoms. The average molecular weight is 757 g/mol. The van der Waals surface area contributed by atoms with E-state index in [0.717, 1.165) is 88.4 Å². The van der Waals surface area contributed by atoms with Crippen molar-refractivity contribution in [1.82, 2.24) is 9.13 Å². The molecule has 0 aliphatic rings. The number of hydrogen-bond donors (Lipinski definition) is 0. The molecule has 0 saturated heterocycles. The normalized spacial score (nSPS) is 11.4. The molecule has 0 aliphatic carbocycles. The van der Waals surface area contributed by atoms with Gasteiger partial charge in [0.2, 0.25) is 0 Å². The molecule has 0 aliphatic heterocycles. The van der Waals surface area contributed by atoms with E-state index in [1.807, 2.05) is 19.1 Å². The van der Waals surface area contributed by atoms with Gasteiger partial charge in [-0.25, -0.2) is 0 Å². The first kappa shape index (κ1) is 35.7. The molecule has 280 valence electrons. The SMILES string of the molecule is Cc1cc(C)cc(-c2ccc3c4ccccc4n(-c4cc(-c5cc(C)cc(C#N)c5)c(-n5c6ccccc6c6ccc(-c7cc(C)cc(C)c7)cc65)cc4C#N)c3c2)c1. The fourth-order valence-corrected chi connectivity index (χ4v) is 9.37. The van der Waals surface area contributed by atoms with E-state index in [9.17, 15) is 10.5 Å². The molecule has 10 aromatic rings. The summed E-state index contributed by atoms with van der Waals surface area (Å²) >= 11 is 0. The average Bonchev–Trinajstić information content (AvgIpc) is 3.74. The Balaban J connectivity index is 1.32. The number of para-hydroxylation sites is 2. The molecule has 0 unspecified atom stereocenters. The van der Waals surface area contributed by atoms with Crippen LogP contribution in [0.15, 0.2) is 152 Å². The molecule has 4 nitrogen and oxygen atoms in total. The molecular weight excluding hydrogens is 717 g/mol. The highest BCUT2D eigenvalue weighted by atomic mass is 15.0. The molecule has 0 radical (unpaired) electrons. The van der Waals surface area contributed by atoms with E-state index < -0.39 is 0 Å². The van der Waals surface area contributed by atoms with Gasteiger partial charge in [-0.2, -0.15) is 10.5 Å². The smallest absolute Gasteiger partial charge is 0.101 e. The molecule has 0 N–H and O–H groups in total. The van der Waals surface area contributed by atoms with Crippen LogP contribution in [-0.2, 0) is 0 Å².